The Morgan fingerprint density at radius 1 is 1.30 bits per heavy atom. The minimum atomic E-state index is -4.54. The maximum Gasteiger partial charge on any atom is 0.451 e. The lowest BCUT2D eigenvalue weighted by Crippen LogP contribution is -3.12. The van der Waals surface area contributed by atoms with Crippen molar-refractivity contribution in [1.29, 1.82) is 0 Å². The summed E-state index contributed by atoms with van der Waals surface area (Å²) in [5, 5.41) is 6.54. The molecule has 1 aromatic heterocycles. The summed E-state index contributed by atoms with van der Waals surface area (Å²) in [5.74, 6) is -1.12. The Bertz CT molecular complexity index is 854. The molecule has 2 heterocycles. The van der Waals surface area contributed by atoms with Gasteiger partial charge in [0, 0.05) is 31.5 Å². The maximum absolute atomic E-state index is 12.9. The number of quaternary nitrogens is 1. The van der Waals surface area contributed by atoms with Gasteiger partial charge in [-0.2, -0.15) is 17.9 Å². The standard InChI is InChI=1S/C17H20F3N5OS/c1-23-15(17(18,19)20)22-25(16(23)27)11-24-9-7-12(8-10-24)14(26)21-13-5-3-2-4-6-13/h2-6,12H,7-11H2,1H3,(H,21,26)/p+1. The fourth-order valence-electron chi connectivity index (χ4n) is 3.26. The fraction of sp³-hybridized carbons (Fsp3) is 0.471. The Hall–Kier alpha value is -2.20. The van der Waals surface area contributed by atoms with E-state index in [4.69, 9.17) is 12.2 Å². The molecule has 2 aromatic rings. The molecular formula is C17H21F3N5OS+. The van der Waals surface area contributed by atoms with E-state index in [0.29, 0.717) is 25.9 Å². The maximum atomic E-state index is 12.9. The third-order valence-corrected chi connectivity index (χ3v) is 5.26. The molecule has 1 aliphatic heterocycles. The summed E-state index contributed by atoms with van der Waals surface area (Å²) in [5.41, 5.74) is 0.761. The fourth-order valence-corrected chi connectivity index (χ4v) is 3.45. The van der Waals surface area contributed by atoms with Gasteiger partial charge in [-0.05, 0) is 24.4 Å². The van der Waals surface area contributed by atoms with Crippen LogP contribution in [0.5, 0.6) is 0 Å². The van der Waals surface area contributed by atoms with E-state index >= 15 is 0 Å². The van der Waals surface area contributed by atoms with Crippen LogP contribution in [0.4, 0.5) is 18.9 Å². The second kappa shape index (κ2) is 7.81. The van der Waals surface area contributed by atoms with Crippen LogP contribution in [0.25, 0.3) is 0 Å². The number of aromatic nitrogens is 3. The minimum absolute atomic E-state index is 0.0194. The Balaban J connectivity index is 1.57. The molecule has 0 bridgehead atoms. The van der Waals surface area contributed by atoms with Crippen molar-refractivity contribution in [1.82, 2.24) is 14.3 Å². The van der Waals surface area contributed by atoms with Crippen LogP contribution in [0.2, 0.25) is 0 Å². The zero-order valence-corrected chi connectivity index (χ0v) is 15.6. The Morgan fingerprint density at radius 3 is 2.48 bits per heavy atom. The smallest absolute Gasteiger partial charge is 0.326 e. The van der Waals surface area contributed by atoms with Crippen molar-refractivity contribution in [2.75, 3.05) is 18.4 Å². The quantitative estimate of drug-likeness (QED) is 0.771. The number of nitrogens with zero attached hydrogens (tertiary/aromatic N) is 3. The summed E-state index contributed by atoms with van der Waals surface area (Å²) in [4.78, 5) is 13.4. The third-order valence-electron chi connectivity index (χ3n) is 4.77. The van der Waals surface area contributed by atoms with Gasteiger partial charge in [0.1, 0.15) is 0 Å². The summed E-state index contributed by atoms with van der Waals surface area (Å²) < 4.78 is 41.0. The Morgan fingerprint density at radius 2 is 1.93 bits per heavy atom. The first kappa shape index (κ1) is 19.6. The van der Waals surface area contributed by atoms with Gasteiger partial charge in [0.25, 0.3) is 0 Å². The summed E-state index contributed by atoms with van der Waals surface area (Å²) in [7, 11) is 1.27. The monoisotopic (exact) mass is 400 g/mol. The molecule has 10 heteroatoms. The van der Waals surface area contributed by atoms with Gasteiger partial charge >= 0.3 is 6.18 Å². The molecule has 0 atom stereocenters. The predicted octanol–water partition coefficient (Wildman–Crippen LogP) is 1.86. The summed E-state index contributed by atoms with van der Waals surface area (Å²) in [6.07, 6.45) is -3.20. The average Bonchev–Trinajstić information content (AvgIpc) is 2.92. The Kier molecular flexibility index (Phi) is 5.66. The highest BCUT2D eigenvalue weighted by Crippen LogP contribution is 2.27. The number of halogens is 3. The number of piperidine rings is 1. The summed E-state index contributed by atoms with van der Waals surface area (Å²) in [6, 6.07) is 9.26. The van der Waals surface area contributed by atoms with Crippen molar-refractivity contribution in [3.05, 3.63) is 40.9 Å². The van der Waals surface area contributed by atoms with Gasteiger partial charge in [-0.3, -0.25) is 9.36 Å². The number of amides is 1. The largest absolute Gasteiger partial charge is 0.451 e. The van der Waals surface area contributed by atoms with Crippen LogP contribution in [0, 0.1) is 10.7 Å². The number of carbonyl (C=O) groups excluding carboxylic acids is 1. The van der Waals surface area contributed by atoms with Crippen molar-refractivity contribution < 1.29 is 22.9 Å². The second-order valence-corrected chi connectivity index (χ2v) is 7.07. The van der Waals surface area contributed by atoms with Gasteiger partial charge in [-0.1, -0.05) is 18.2 Å². The van der Waals surface area contributed by atoms with Gasteiger partial charge in [0.2, 0.25) is 16.5 Å². The SMILES string of the molecule is Cn1c(C(F)(F)F)nn(C[NH+]2CCC(C(=O)Nc3ccccc3)CC2)c1=S. The highest BCUT2D eigenvalue weighted by molar-refractivity contribution is 7.71. The number of hydrogen-bond acceptors (Lipinski definition) is 3. The molecule has 0 unspecified atom stereocenters. The zero-order valence-electron chi connectivity index (χ0n) is 14.8. The lowest BCUT2D eigenvalue weighted by molar-refractivity contribution is -0.928. The predicted molar refractivity (Wildman–Crippen MR) is 95.5 cm³/mol. The van der Waals surface area contributed by atoms with E-state index in [2.05, 4.69) is 10.4 Å². The average molecular weight is 400 g/mol. The number of carbonyl (C=O) groups is 1. The van der Waals surface area contributed by atoms with Crippen molar-refractivity contribution in [3.63, 3.8) is 0 Å². The van der Waals surface area contributed by atoms with Gasteiger partial charge < -0.3 is 10.2 Å². The van der Waals surface area contributed by atoms with Crippen LogP contribution in [0.3, 0.4) is 0 Å². The van der Waals surface area contributed by atoms with Crippen LogP contribution in [0.1, 0.15) is 18.7 Å². The lowest BCUT2D eigenvalue weighted by atomic mass is 9.96. The molecular weight excluding hydrogens is 379 g/mol. The molecule has 0 aliphatic carbocycles. The van der Waals surface area contributed by atoms with Crippen LogP contribution in [-0.4, -0.2) is 33.3 Å². The molecule has 3 rings (SSSR count). The molecule has 27 heavy (non-hydrogen) atoms. The first-order valence-electron chi connectivity index (χ1n) is 8.66. The first-order valence-corrected chi connectivity index (χ1v) is 9.07. The molecule has 0 spiro atoms. The highest BCUT2D eigenvalue weighted by Gasteiger charge is 2.38. The zero-order chi connectivity index (χ0) is 19.6. The van der Waals surface area contributed by atoms with Crippen molar-refractivity contribution in [2.45, 2.75) is 25.7 Å². The normalized spacial score (nSPS) is 20.4. The van der Waals surface area contributed by atoms with Crippen LogP contribution >= 0.6 is 12.2 Å². The number of anilines is 1. The van der Waals surface area contributed by atoms with E-state index in [9.17, 15) is 18.0 Å². The molecule has 1 saturated heterocycles. The van der Waals surface area contributed by atoms with Gasteiger partial charge in [-0.15, -0.1) is 5.10 Å². The van der Waals surface area contributed by atoms with Crippen molar-refractivity contribution in [2.24, 2.45) is 13.0 Å². The lowest BCUT2D eigenvalue weighted by Gasteiger charge is -2.28. The molecule has 1 aromatic carbocycles. The highest BCUT2D eigenvalue weighted by atomic mass is 32.1. The van der Waals surface area contributed by atoms with Gasteiger partial charge in [0.05, 0.1) is 13.1 Å². The summed E-state index contributed by atoms with van der Waals surface area (Å²) >= 11 is 5.08. The van der Waals surface area contributed by atoms with Gasteiger partial charge in [0.15, 0.2) is 6.67 Å². The molecule has 1 aliphatic rings. The second-order valence-electron chi connectivity index (χ2n) is 6.70. The Labute approximate surface area is 159 Å². The molecule has 0 radical (unpaired) electrons. The molecule has 1 amide bonds. The van der Waals surface area contributed by atoms with Crippen molar-refractivity contribution in [3.8, 4) is 0 Å². The van der Waals surface area contributed by atoms with Crippen LogP contribution in [-0.2, 0) is 24.7 Å². The number of benzene rings is 1. The van der Waals surface area contributed by atoms with E-state index in [0.717, 1.165) is 15.2 Å². The van der Waals surface area contributed by atoms with Crippen LogP contribution < -0.4 is 10.2 Å². The summed E-state index contributed by atoms with van der Waals surface area (Å²) in [6.45, 7) is 1.61. The first-order chi connectivity index (χ1) is 12.8. The number of rotatable bonds is 4. The number of alkyl halides is 3. The molecule has 146 valence electrons. The minimum Gasteiger partial charge on any atom is -0.326 e. The van der Waals surface area contributed by atoms with E-state index in [1.165, 1.54) is 11.7 Å². The number of para-hydroxylation sites is 1. The van der Waals surface area contributed by atoms with E-state index in [1.807, 2.05) is 30.3 Å². The number of likely N-dealkylation sites (tertiary alicyclic amines) is 1. The molecule has 2 N–H and O–H groups in total. The molecule has 0 saturated carbocycles. The van der Waals surface area contributed by atoms with E-state index in [-0.39, 0.29) is 23.3 Å². The number of nitrogens with one attached hydrogen (secondary N) is 2. The third kappa shape index (κ3) is 4.56. The van der Waals surface area contributed by atoms with Crippen molar-refractivity contribution >= 4 is 23.8 Å². The topological polar surface area (TPSA) is 56.3 Å². The molecule has 6 nitrogen and oxygen atoms in total. The van der Waals surface area contributed by atoms with E-state index in [1.54, 1.807) is 0 Å². The van der Waals surface area contributed by atoms with Crippen LogP contribution in [0.15, 0.2) is 30.3 Å². The van der Waals surface area contributed by atoms with E-state index < -0.39 is 12.0 Å². The molecule has 1 fully saturated rings. The van der Waals surface area contributed by atoms with Gasteiger partial charge in [-0.25, -0.2) is 0 Å². The number of hydrogen-bond donors (Lipinski definition) is 2.